The summed E-state index contributed by atoms with van der Waals surface area (Å²) in [7, 11) is 0. The molecule has 0 saturated carbocycles. The Hall–Kier alpha value is -1.38. The topological polar surface area (TPSA) is 53.5 Å². The second kappa shape index (κ2) is 3.85. The second-order valence-corrected chi connectivity index (χ2v) is 2.61. The van der Waals surface area contributed by atoms with Gasteiger partial charge in [-0.15, -0.1) is 12.6 Å². The molecule has 0 aliphatic heterocycles. The van der Waals surface area contributed by atoms with Crippen LogP contribution in [0.25, 0.3) is 5.53 Å². The van der Waals surface area contributed by atoms with Gasteiger partial charge in [-0.25, -0.2) is 0 Å². The van der Waals surface area contributed by atoms with Crippen LogP contribution in [0.1, 0.15) is 10.4 Å². The third-order valence-electron chi connectivity index (χ3n) is 1.34. The van der Waals surface area contributed by atoms with Crippen LogP contribution in [0.15, 0.2) is 29.2 Å². The quantitative estimate of drug-likeness (QED) is 0.241. The Kier molecular flexibility index (Phi) is 2.80. The first-order valence-corrected chi connectivity index (χ1v) is 3.70. The van der Waals surface area contributed by atoms with E-state index in [4.69, 9.17) is 5.53 Å². The molecule has 0 heterocycles. The average Bonchev–Trinajstić information content (AvgIpc) is 2.05. The Balaban J connectivity index is 3.11. The Morgan fingerprint density at radius 2 is 2.17 bits per heavy atom. The van der Waals surface area contributed by atoms with Crippen molar-refractivity contribution in [2.24, 2.45) is 0 Å². The number of carbonyl (C=O) groups is 1. The highest BCUT2D eigenvalue weighted by Gasteiger charge is 2.08. The zero-order valence-corrected chi connectivity index (χ0v) is 7.03. The van der Waals surface area contributed by atoms with Crippen molar-refractivity contribution in [1.82, 2.24) is 0 Å². The van der Waals surface area contributed by atoms with E-state index in [2.05, 4.69) is 17.4 Å². The van der Waals surface area contributed by atoms with Crippen molar-refractivity contribution in [3.8, 4) is 0 Å². The zero-order valence-electron chi connectivity index (χ0n) is 6.14. The lowest BCUT2D eigenvalue weighted by molar-refractivity contribution is 0.00232. The standard InChI is InChI=1S/C8H6N2OS/c9-10-5-7(11)6-3-1-2-4-8(6)12/h1-5,12H. The maximum absolute atomic E-state index is 11.1. The summed E-state index contributed by atoms with van der Waals surface area (Å²) in [5.41, 5.74) is 8.54. The minimum Gasteiger partial charge on any atom is -0.361 e. The van der Waals surface area contributed by atoms with E-state index in [-0.39, 0.29) is 5.78 Å². The molecule has 0 saturated heterocycles. The zero-order chi connectivity index (χ0) is 8.97. The van der Waals surface area contributed by atoms with E-state index in [1.807, 2.05) is 0 Å². The fraction of sp³-hybridized carbons (Fsp3) is 0. The van der Waals surface area contributed by atoms with Gasteiger partial charge < -0.3 is 5.53 Å². The van der Waals surface area contributed by atoms with Crippen molar-refractivity contribution in [3.63, 3.8) is 0 Å². The molecule has 0 radical (unpaired) electrons. The van der Waals surface area contributed by atoms with Crippen molar-refractivity contribution in [2.45, 2.75) is 4.90 Å². The van der Waals surface area contributed by atoms with Crippen LogP contribution < -0.4 is 0 Å². The Morgan fingerprint density at radius 3 is 2.75 bits per heavy atom. The van der Waals surface area contributed by atoms with E-state index < -0.39 is 0 Å². The van der Waals surface area contributed by atoms with Gasteiger partial charge in [0.05, 0.1) is 0 Å². The fourth-order valence-electron chi connectivity index (χ4n) is 0.804. The van der Waals surface area contributed by atoms with Crippen molar-refractivity contribution in [2.75, 3.05) is 0 Å². The maximum Gasteiger partial charge on any atom is 0.328 e. The first kappa shape index (κ1) is 8.71. The van der Waals surface area contributed by atoms with Gasteiger partial charge in [0.1, 0.15) is 0 Å². The Labute approximate surface area is 75.1 Å². The number of ketones is 1. The summed E-state index contributed by atoms with van der Waals surface area (Å²) in [5, 5.41) is 0. The minimum absolute atomic E-state index is 0.358. The number of Topliss-reactive ketones (excluding diaryl/α,β-unsaturated/α-hetero) is 1. The first-order valence-electron chi connectivity index (χ1n) is 3.25. The largest absolute Gasteiger partial charge is 0.361 e. The molecule has 4 heteroatoms. The molecule has 1 aromatic carbocycles. The number of rotatable bonds is 2. The van der Waals surface area contributed by atoms with Gasteiger partial charge in [-0.05, 0) is 12.1 Å². The van der Waals surface area contributed by atoms with Gasteiger partial charge in [0.25, 0.3) is 5.78 Å². The van der Waals surface area contributed by atoms with Crippen LogP contribution in [0.5, 0.6) is 0 Å². The maximum atomic E-state index is 11.1. The van der Waals surface area contributed by atoms with E-state index >= 15 is 0 Å². The molecule has 0 spiro atoms. The summed E-state index contributed by atoms with van der Waals surface area (Å²) in [6, 6.07) is 6.81. The number of thiol groups is 1. The van der Waals surface area contributed by atoms with Crippen LogP contribution in [0.3, 0.4) is 0 Å². The predicted molar refractivity (Wildman–Crippen MR) is 47.7 cm³/mol. The lowest BCUT2D eigenvalue weighted by Crippen LogP contribution is -2.01. The third-order valence-corrected chi connectivity index (χ3v) is 1.73. The highest BCUT2D eigenvalue weighted by atomic mass is 32.1. The van der Waals surface area contributed by atoms with Crippen LogP contribution in [-0.2, 0) is 0 Å². The van der Waals surface area contributed by atoms with Crippen molar-refractivity contribution < 1.29 is 9.58 Å². The second-order valence-electron chi connectivity index (χ2n) is 2.13. The van der Waals surface area contributed by atoms with Gasteiger partial charge in [0.2, 0.25) is 0 Å². The van der Waals surface area contributed by atoms with E-state index in [1.165, 1.54) is 0 Å². The molecule has 0 unspecified atom stereocenters. The summed E-state index contributed by atoms with van der Waals surface area (Å²) in [6.07, 6.45) is 0.842. The van der Waals surface area contributed by atoms with Crippen LogP contribution in [0, 0.1) is 0 Å². The van der Waals surface area contributed by atoms with Crippen molar-refractivity contribution in [1.29, 1.82) is 0 Å². The van der Waals surface area contributed by atoms with Gasteiger partial charge in [0.15, 0.2) is 0 Å². The minimum atomic E-state index is -0.358. The molecule has 0 aliphatic carbocycles. The Morgan fingerprint density at radius 1 is 1.50 bits per heavy atom. The van der Waals surface area contributed by atoms with Crippen molar-refractivity contribution >= 4 is 24.6 Å². The lowest BCUT2D eigenvalue weighted by atomic mass is 10.1. The first-order chi connectivity index (χ1) is 5.75. The number of nitrogens with zero attached hydrogens (tertiary/aromatic N) is 2. The molecule has 60 valence electrons. The molecule has 0 bridgehead atoms. The average molecular weight is 178 g/mol. The molecule has 0 N–H and O–H groups in total. The molecular weight excluding hydrogens is 172 g/mol. The van der Waals surface area contributed by atoms with Crippen LogP contribution >= 0.6 is 12.6 Å². The summed E-state index contributed by atoms with van der Waals surface area (Å²) < 4.78 is 0. The van der Waals surface area contributed by atoms with Crippen LogP contribution in [0.2, 0.25) is 0 Å². The highest BCUT2D eigenvalue weighted by molar-refractivity contribution is 7.80. The normalized spacial score (nSPS) is 8.75. The van der Waals surface area contributed by atoms with E-state index in [0.717, 1.165) is 6.21 Å². The number of hydrogen-bond donors (Lipinski definition) is 1. The summed E-state index contributed by atoms with van der Waals surface area (Å²) >= 11 is 4.07. The SMILES string of the molecule is [N-]=[N+]=CC(=O)c1ccccc1S. The molecule has 12 heavy (non-hydrogen) atoms. The van der Waals surface area contributed by atoms with Gasteiger partial charge in [-0.3, -0.25) is 4.79 Å². The van der Waals surface area contributed by atoms with E-state index in [9.17, 15) is 4.79 Å². The van der Waals surface area contributed by atoms with E-state index in [1.54, 1.807) is 24.3 Å². The molecule has 0 aliphatic rings. The number of benzene rings is 1. The number of hydrogen-bond acceptors (Lipinski definition) is 2. The predicted octanol–water partition coefficient (Wildman–Crippen LogP) is 1.46. The molecule has 1 aromatic rings. The molecule has 0 atom stereocenters. The number of carbonyl (C=O) groups excluding carboxylic acids is 1. The lowest BCUT2D eigenvalue weighted by Gasteiger charge is -1.95. The van der Waals surface area contributed by atoms with Gasteiger partial charge >= 0.3 is 6.21 Å². The molecular formula is C8H6N2OS. The van der Waals surface area contributed by atoms with Gasteiger partial charge in [-0.1, -0.05) is 12.1 Å². The monoisotopic (exact) mass is 178 g/mol. The van der Waals surface area contributed by atoms with Gasteiger partial charge in [-0.2, -0.15) is 4.79 Å². The molecule has 0 aromatic heterocycles. The smallest absolute Gasteiger partial charge is 0.328 e. The highest BCUT2D eigenvalue weighted by Crippen LogP contribution is 2.12. The molecule has 0 amide bonds. The fourth-order valence-corrected chi connectivity index (χ4v) is 1.07. The summed E-state index contributed by atoms with van der Waals surface area (Å²) in [4.78, 5) is 14.3. The third kappa shape index (κ3) is 1.81. The van der Waals surface area contributed by atoms with E-state index in [0.29, 0.717) is 10.5 Å². The van der Waals surface area contributed by atoms with Gasteiger partial charge in [0, 0.05) is 10.5 Å². The Bertz CT molecular complexity index is 356. The molecule has 3 nitrogen and oxygen atoms in total. The van der Waals surface area contributed by atoms with Crippen LogP contribution in [-0.4, -0.2) is 16.8 Å². The molecule has 1 rings (SSSR count). The summed E-state index contributed by atoms with van der Waals surface area (Å²) in [5.74, 6) is -0.358. The van der Waals surface area contributed by atoms with Crippen molar-refractivity contribution in [3.05, 3.63) is 35.4 Å². The van der Waals surface area contributed by atoms with Crippen LogP contribution in [0.4, 0.5) is 0 Å². The molecule has 0 fully saturated rings. The summed E-state index contributed by atoms with van der Waals surface area (Å²) in [6.45, 7) is 0.